The number of para-hydroxylation sites is 2. The SMILES string of the molecule is c1ccc(-c2nc(-c3ccccc3)nc(-n3c4ccccc4c4ccc(-c5ccc6cc(-c7ccc8c(c7)c7ccccc7n8-c7ccc8oc9ccncc9c8c7)ccc6c5)cc43)n2)cc1. The molecule has 0 amide bonds. The summed E-state index contributed by atoms with van der Waals surface area (Å²) in [6.45, 7) is 0. The molecule has 7 nitrogen and oxygen atoms in total. The molecule has 312 valence electrons. The van der Waals surface area contributed by atoms with Crippen LogP contribution in [0, 0.1) is 0 Å². The second-order valence-corrected chi connectivity index (χ2v) is 17.1. The summed E-state index contributed by atoms with van der Waals surface area (Å²) in [5.41, 5.74) is 13.6. The fourth-order valence-corrected chi connectivity index (χ4v) is 10.0. The molecule has 67 heavy (non-hydrogen) atoms. The number of aromatic nitrogens is 6. The summed E-state index contributed by atoms with van der Waals surface area (Å²) in [5.74, 6) is 1.83. The van der Waals surface area contributed by atoms with Gasteiger partial charge in [-0.3, -0.25) is 9.55 Å². The Morgan fingerprint density at radius 1 is 0.328 bits per heavy atom. The highest BCUT2D eigenvalue weighted by atomic mass is 16.3. The Balaban J connectivity index is 0.855. The Bertz CT molecular complexity index is 4220. The molecule has 0 spiro atoms. The smallest absolute Gasteiger partial charge is 0.238 e. The minimum Gasteiger partial charge on any atom is -0.456 e. The second kappa shape index (κ2) is 14.7. The number of hydrogen-bond acceptors (Lipinski definition) is 5. The predicted molar refractivity (Wildman–Crippen MR) is 273 cm³/mol. The van der Waals surface area contributed by atoms with Crippen molar-refractivity contribution in [2.24, 2.45) is 0 Å². The molecule has 14 rings (SSSR count). The quantitative estimate of drug-likeness (QED) is 0.167. The van der Waals surface area contributed by atoms with Crippen LogP contribution in [0.4, 0.5) is 0 Å². The van der Waals surface area contributed by atoms with Crippen LogP contribution in [0.3, 0.4) is 0 Å². The first-order chi connectivity index (χ1) is 33.2. The van der Waals surface area contributed by atoms with Gasteiger partial charge < -0.3 is 8.98 Å². The van der Waals surface area contributed by atoms with Crippen LogP contribution in [-0.2, 0) is 0 Å². The molecule has 0 aliphatic carbocycles. The molecule has 14 aromatic rings. The van der Waals surface area contributed by atoms with Gasteiger partial charge in [0.15, 0.2) is 11.6 Å². The lowest BCUT2D eigenvalue weighted by atomic mass is 9.96. The lowest BCUT2D eigenvalue weighted by Gasteiger charge is -2.12. The van der Waals surface area contributed by atoms with Crippen LogP contribution in [0.2, 0.25) is 0 Å². The van der Waals surface area contributed by atoms with E-state index in [2.05, 4.69) is 154 Å². The summed E-state index contributed by atoms with van der Waals surface area (Å²) in [7, 11) is 0. The first kappa shape index (κ1) is 37.2. The van der Waals surface area contributed by atoms with Crippen molar-refractivity contribution in [3.63, 3.8) is 0 Å². The third-order valence-corrected chi connectivity index (χ3v) is 13.3. The topological polar surface area (TPSA) is 74.6 Å². The Morgan fingerprint density at radius 2 is 0.881 bits per heavy atom. The molecule has 0 atom stereocenters. The van der Waals surface area contributed by atoms with E-state index >= 15 is 0 Å². The average molecular weight is 857 g/mol. The van der Waals surface area contributed by atoms with Crippen molar-refractivity contribution < 1.29 is 4.42 Å². The fraction of sp³-hybridized carbons (Fsp3) is 0. The number of hydrogen-bond donors (Lipinski definition) is 0. The van der Waals surface area contributed by atoms with Gasteiger partial charge in [-0.1, -0.05) is 140 Å². The van der Waals surface area contributed by atoms with Crippen LogP contribution in [-0.4, -0.2) is 29.1 Å². The van der Waals surface area contributed by atoms with Gasteiger partial charge in [0.2, 0.25) is 5.95 Å². The van der Waals surface area contributed by atoms with E-state index in [4.69, 9.17) is 19.4 Å². The van der Waals surface area contributed by atoms with E-state index < -0.39 is 0 Å². The summed E-state index contributed by atoms with van der Waals surface area (Å²) in [4.78, 5) is 19.6. The largest absolute Gasteiger partial charge is 0.456 e. The lowest BCUT2D eigenvalue weighted by Crippen LogP contribution is -2.06. The highest BCUT2D eigenvalue weighted by Gasteiger charge is 2.20. The van der Waals surface area contributed by atoms with Gasteiger partial charge in [0.25, 0.3) is 0 Å². The molecule has 0 aliphatic heterocycles. The standard InChI is InChI=1S/C60H36N6O/c1-3-11-37(12-4-1)58-62-59(38-13-5-2-6-14-38)64-60(63-58)66-53-18-10-7-15-46(53)48-26-23-44(34-55(48)66)42-22-20-39-31-41(21-19-40(39)32-42)43-24-27-54-49(33-43)47-16-8-9-17-52(47)65(54)45-25-28-56-50(35-45)51-36-61-30-29-57(51)67-56/h1-36H. The van der Waals surface area contributed by atoms with Gasteiger partial charge in [0, 0.05) is 61.5 Å². The average Bonchev–Trinajstić information content (AvgIpc) is 4.05. The molecule has 0 N–H and O–H groups in total. The Hall–Kier alpha value is -9.20. The molecular formula is C60H36N6O. The van der Waals surface area contributed by atoms with Gasteiger partial charge in [0.05, 0.1) is 22.1 Å². The summed E-state index contributed by atoms with van der Waals surface area (Å²) in [6, 6.07) is 72.9. The molecule has 7 heteroatoms. The van der Waals surface area contributed by atoms with Crippen LogP contribution >= 0.6 is 0 Å². The second-order valence-electron chi connectivity index (χ2n) is 17.1. The maximum Gasteiger partial charge on any atom is 0.238 e. The third kappa shape index (κ3) is 5.99. The highest BCUT2D eigenvalue weighted by molar-refractivity contribution is 6.12. The Morgan fingerprint density at radius 3 is 1.60 bits per heavy atom. The van der Waals surface area contributed by atoms with Crippen LogP contribution in [0.1, 0.15) is 0 Å². The first-order valence-corrected chi connectivity index (χ1v) is 22.4. The van der Waals surface area contributed by atoms with E-state index in [1.54, 1.807) is 6.20 Å². The zero-order chi connectivity index (χ0) is 44.0. The molecule has 0 saturated heterocycles. The Kier molecular flexibility index (Phi) is 8.15. The van der Waals surface area contributed by atoms with Crippen molar-refractivity contribution in [1.82, 2.24) is 29.1 Å². The lowest BCUT2D eigenvalue weighted by molar-refractivity contribution is 0.668. The van der Waals surface area contributed by atoms with Crippen LogP contribution in [0.25, 0.3) is 133 Å². The summed E-state index contributed by atoms with van der Waals surface area (Å²) < 4.78 is 10.7. The van der Waals surface area contributed by atoms with Crippen molar-refractivity contribution in [3.8, 4) is 56.7 Å². The zero-order valence-corrected chi connectivity index (χ0v) is 35.9. The molecule has 0 aliphatic rings. The number of pyridine rings is 1. The molecule has 0 saturated carbocycles. The predicted octanol–water partition coefficient (Wildman–Crippen LogP) is 15.2. The molecule has 9 aromatic carbocycles. The highest BCUT2D eigenvalue weighted by Crippen LogP contribution is 2.39. The number of nitrogens with zero attached hydrogens (tertiary/aromatic N) is 6. The van der Waals surface area contributed by atoms with Gasteiger partial charge in [-0.25, -0.2) is 4.98 Å². The summed E-state index contributed by atoms with van der Waals surface area (Å²) >= 11 is 0. The number of rotatable bonds is 6. The van der Waals surface area contributed by atoms with Crippen LogP contribution in [0.15, 0.2) is 223 Å². The van der Waals surface area contributed by atoms with E-state index in [1.165, 1.54) is 32.7 Å². The van der Waals surface area contributed by atoms with Crippen molar-refractivity contribution in [2.75, 3.05) is 0 Å². The molecule has 0 bridgehead atoms. The summed E-state index contributed by atoms with van der Waals surface area (Å²) in [5, 5.41) is 9.13. The number of furan rings is 1. The molecule has 5 heterocycles. The maximum absolute atomic E-state index is 6.14. The van der Waals surface area contributed by atoms with Crippen LogP contribution < -0.4 is 0 Å². The van der Waals surface area contributed by atoms with E-state index in [9.17, 15) is 0 Å². The van der Waals surface area contributed by atoms with E-state index in [-0.39, 0.29) is 0 Å². The zero-order valence-electron chi connectivity index (χ0n) is 35.9. The van der Waals surface area contributed by atoms with Crippen molar-refractivity contribution >= 4 is 76.3 Å². The third-order valence-electron chi connectivity index (χ3n) is 13.3. The van der Waals surface area contributed by atoms with Crippen molar-refractivity contribution in [1.29, 1.82) is 0 Å². The monoisotopic (exact) mass is 856 g/mol. The minimum atomic E-state index is 0.576. The van der Waals surface area contributed by atoms with E-state index in [1.807, 2.05) is 72.9 Å². The van der Waals surface area contributed by atoms with Gasteiger partial charge in [-0.2, -0.15) is 9.97 Å². The molecular weight excluding hydrogens is 821 g/mol. The maximum atomic E-state index is 6.14. The fourth-order valence-electron chi connectivity index (χ4n) is 10.0. The molecule has 0 radical (unpaired) electrons. The summed E-state index contributed by atoms with van der Waals surface area (Å²) in [6.07, 6.45) is 3.66. The molecule has 5 aromatic heterocycles. The van der Waals surface area contributed by atoms with E-state index in [0.717, 1.165) is 82.7 Å². The first-order valence-electron chi connectivity index (χ1n) is 22.4. The molecule has 0 unspecified atom stereocenters. The van der Waals surface area contributed by atoms with Crippen molar-refractivity contribution in [3.05, 3.63) is 219 Å². The molecule has 0 fully saturated rings. The Labute approximate surface area is 383 Å². The number of benzene rings is 9. The van der Waals surface area contributed by atoms with Gasteiger partial charge in [0.1, 0.15) is 11.2 Å². The number of fused-ring (bicyclic) bond motifs is 10. The van der Waals surface area contributed by atoms with Gasteiger partial charge in [-0.15, -0.1) is 0 Å². The van der Waals surface area contributed by atoms with Gasteiger partial charge >= 0.3 is 0 Å². The van der Waals surface area contributed by atoms with E-state index in [0.29, 0.717) is 17.6 Å². The minimum absolute atomic E-state index is 0.576. The van der Waals surface area contributed by atoms with Gasteiger partial charge in [-0.05, 0) is 99.8 Å². The van der Waals surface area contributed by atoms with Crippen LogP contribution in [0.5, 0.6) is 0 Å². The van der Waals surface area contributed by atoms with Crippen molar-refractivity contribution in [2.45, 2.75) is 0 Å². The normalized spacial score (nSPS) is 11.9.